The van der Waals surface area contributed by atoms with Gasteiger partial charge in [0.05, 0.1) is 0 Å². The van der Waals surface area contributed by atoms with Crippen molar-refractivity contribution in [3.05, 3.63) is 0 Å². The first-order valence-corrected chi connectivity index (χ1v) is 19.2. The van der Waals surface area contributed by atoms with Gasteiger partial charge in [-0.25, -0.2) is 0 Å². The van der Waals surface area contributed by atoms with Crippen LogP contribution in [0.1, 0.15) is 39.5 Å². The predicted octanol–water partition coefficient (Wildman–Crippen LogP) is 1.78. The number of nitrogens with zero attached hydrogens (tertiary/aromatic N) is 3. The van der Waals surface area contributed by atoms with E-state index in [1.807, 2.05) is 57.5 Å². The van der Waals surface area contributed by atoms with Gasteiger partial charge in [-0.3, -0.25) is 0 Å². The molecule has 0 rings (SSSR count). The van der Waals surface area contributed by atoms with E-state index in [4.69, 9.17) is 49.3 Å². The van der Waals surface area contributed by atoms with E-state index in [0.717, 1.165) is 21.7 Å². The van der Waals surface area contributed by atoms with Gasteiger partial charge in [0.15, 0.2) is 0 Å². The van der Waals surface area contributed by atoms with Gasteiger partial charge < -0.3 is 29.7 Å². The fourth-order valence-corrected chi connectivity index (χ4v) is 16.0. The monoisotopic (exact) mass is 547 g/mol. The second-order valence-corrected chi connectivity index (χ2v) is 18.4. The van der Waals surface area contributed by atoms with E-state index in [2.05, 4.69) is 18.7 Å². The summed E-state index contributed by atoms with van der Waals surface area (Å²) in [4.78, 5) is 6.09. The van der Waals surface area contributed by atoms with Gasteiger partial charge in [0.1, 0.15) is 0 Å². The molecule has 0 aromatic heterocycles. The van der Waals surface area contributed by atoms with Crippen LogP contribution >= 0.6 is 56.2 Å². The van der Waals surface area contributed by atoms with E-state index in [-0.39, 0.29) is 51.4 Å². The molecule has 0 radical (unpaired) electrons. The molecule has 0 bridgehead atoms. The molecule has 0 heterocycles. The molecule has 0 saturated carbocycles. The Kier molecular flexibility index (Phi) is 29.0. The van der Waals surface area contributed by atoms with Gasteiger partial charge >= 0.3 is 157 Å². The molecule has 0 aromatic carbocycles. The maximum atomic E-state index is 5.16. The van der Waals surface area contributed by atoms with Gasteiger partial charge in [0.2, 0.25) is 0 Å². The molecule has 0 saturated heterocycles. The van der Waals surface area contributed by atoms with Gasteiger partial charge in [-0.1, -0.05) is 31.0 Å². The van der Waals surface area contributed by atoms with Gasteiger partial charge in [0.25, 0.3) is 0 Å². The van der Waals surface area contributed by atoms with Crippen molar-refractivity contribution in [2.75, 3.05) is 41.3 Å². The zero-order valence-corrected chi connectivity index (χ0v) is 28.2. The van der Waals surface area contributed by atoms with Crippen molar-refractivity contribution in [1.29, 1.82) is 0 Å². The summed E-state index contributed by atoms with van der Waals surface area (Å²) >= 11 is 19.6. The van der Waals surface area contributed by atoms with Crippen LogP contribution in [0.25, 0.3) is 0 Å². The number of hydrogen-bond donors (Lipinski definition) is 0. The van der Waals surface area contributed by atoms with Crippen LogP contribution in [0, 0.1) is 0 Å². The third-order valence-corrected chi connectivity index (χ3v) is 17.6. The summed E-state index contributed by atoms with van der Waals surface area (Å²) in [5.74, 6) is 0. The van der Waals surface area contributed by atoms with Gasteiger partial charge in [-0.2, -0.15) is 0 Å². The molecule has 26 heavy (non-hydrogen) atoms. The molecule has 3 nitrogen and oxygen atoms in total. The molecule has 0 aliphatic rings. The zero-order chi connectivity index (χ0) is 19.8. The van der Waals surface area contributed by atoms with Crippen molar-refractivity contribution in [2.45, 2.75) is 39.5 Å². The van der Waals surface area contributed by atoms with Crippen molar-refractivity contribution in [3.8, 4) is 0 Å². The molecule has 0 atom stereocenters. The van der Waals surface area contributed by atoms with Crippen LogP contribution in [-0.4, -0.2) is 68.9 Å². The first-order valence-electron chi connectivity index (χ1n) is 8.31. The Labute approximate surface area is 239 Å². The average Bonchev–Trinajstić information content (AvgIpc) is 2.54. The van der Waals surface area contributed by atoms with Crippen LogP contribution in [0.15, 0.2) is 0 Å². The van der Waals surface area contributed by atoms with E-state index in [9.17, 15) is 0 Å². The second-order valence-electron chi connectivity index (χ2n) is 5.69. The molecular weight excluding hydrogens is 519 g/mol. The summed E-state index contributed by atoms with van der Waals surface area (Å²) in [5, 5.41) is 0. The summed E-state index contributed by atoms with van der Waals surface area (Å²) in [6.45, 7) is 6.45. The van der Waals surface area contributed by atoms with E-state index >= 15 is 0 Å². The number of thiocarbonyl (C=S) groups is 3. The maximum Gasteiger partial charge on any atom is 1.00 e. The molecule has 0 amide bonds. The minimum absolute atomic E-state index is 0. The smallest absolute Gasteiger partial charge is 1.00 e. The van der Waals surface area contributed by atoms with Crippen molar-refractivity contribution in [3.63, 3.8) is 0 Å². The van der Waals surface area contributed by atoms with Crippen LogP contribution < -0.4 is 51.4 Å². The quantitative estimate of drug-likeness (QED) is 0.253. The Morgan fingerprint density at radius 2 is 1.19 bits per heavy atom. The summed E-state index contributed by atoms with van der Waals surface area (Å²) < 4.78 is 2.60. The molecule has 0 aliphatic carbocycles. The first kappa shape index (κ1) is 33.5. The Morgan fingerprint density at radius 1 is 0.846 bits per heavy atom. The van der Waals surface area contributed by atoms with Crippen LogP contribution in [0.3, 0.4) is 0 Å². The predicted molar refractivity (Wildman–Crippen MR) is 129 cm³/mol. The topological polar surface area (TPSA) is 9.72 Å². The SMILES string of the molecule is CCCCN(CCCC)C(=S)[S-].CN(C)C(=S)[S][Zn][S]C(=S)N(C)C.[K+]. The molecular formula is C15H30KN3S6Zn. The van der Waals surface area contributed by atoms with Crippen LogP contribution in [0.5, 0.6) is 0 Å². The van der Waals surface area contributed by atoms with E-state index < -0.39 is 14.7 Å². The Bertz CT molecular complexity index is 372. The maximum absolute atomic E-state index is 5.16. The summed E-state index contributed by atoms with van der Waals surface area (Å²) in [6, 6.07) is 0. The molecule has 0 N–H and O–H groups in total. The minimum atomic E-state index is -0.716. The van der Waals surface area contributed by atoms with Crippen molar-refractivity contribution >= 4 is 81.8 Å². The van der Waals surface area contributed by atoms with Gasteiger partial charge in [0, 0.05) is 13.1 Å². The Morgan fingerprint density at radius 3 is 1.42 bits per heavy atom. The third kappa shape index (κ3) is 21.6. The van der Waals surface area contributed by atoms with Crippen LogP contribution in [0.2, 0.25) is 0 Å². The number of unbranched alkanes of at least 4 members (excludes halogenated alkanes) is 2. The molecule has 0 aromatic rings. The van der Waals surface area contributed by atoms with Gasteiger partial charge in [-0.15, -0.1) is 0 Å². The first-order chi connectivity index (χ1) is 11.7. The second kappa shape index (κ2) is 22.5. The van der Waals surface area contributed by atoms with E-state index in [1.165, 1.54) is 25.7 Å². The molecule has 0 aliphatic heterocycles. The normalized spacial score (nSPS) is 9.00. The molecule has 11 heteroatoms. The molecule has 0 spiro atoms. The zero-order valence-electron chi connectivity index (χ0n) is 17.2. The van der Waals surface area contributed by atoms with Crippen molar-refractivity contribution in [2.24, 2.45) is 0 Å². The Balaban J connectivity index is -0.000000393. The fourth-order valence-electron chi connectivity index (χ4n) is 1.38. The summed E-state index contributed by atoms with van der Waals surface area (Å²) in [6.07, 6.45) is 4.81. The Hall–Kier alpha value is 2.85. The van der Waals surface area contributed by atoms with Crippen LogP contribution in [-0.2, 0) is 27.3 Å². The number of rotatable bonds is 8. The largest absolute Gasteiger partial charge is 1.00 e. The molecule has 0 unspecified atom stereocenters. The third-order valence-electron chi connectivity index (χ3n) is 2.92. The summed E-state index contributed by atoms with van der Waals surface area (Å²) in [7, 11) is 11.6. The van der Waals surface area contributed by atoms with Crippen molar-refractivity contribution < 1.29 is 66.1 Å². The minimum Gasteiger partial charge on any atom is 1.00 e. The molecule has 0 fully saturated rings. The summed E-state index contributed by atoms with van der Waals surface area (Å²) in [5.41, 5.74) is 0. The number of hydrogen-bond acceptors (Lipinski definition) is 6. The standard InChI is InChI=1S/C9H19NS2.2C3H7NS2.K.Zn/c1-3-5-7-10(9(11)12)8-6-4-2;2*1-4(2)3(5)6;;/h3-8H2,1-2H3,(H,11,12);2*1-2H3,(H,5,6);;/q;;;+1;+2/p-3. The van der Waals surface area contributed by atoms with Crippen molar-refractivity contribution in [1.82, 2.24) is 14.7 Å². The molecule has 144 valence electrons. The fraction of sp³-hybridized carbons (Fsp3) is 0.800. The van der Waals surface area contributed by atoms with E-state index in [1.54, 1.807) is 0 Å². The van der Waals surface area contributed by atoms with E-state index in [0.29, 0.717) is 4.32 Å². The van der Waals surface area contributed by atoms with Gasteiger partial charge in [-0.05, 0) is 12.8 Å². The van der Waals surface area contributed by atoms with Crippen LogP contribution in [0.4, 0.5) is 0 Å². The average molecular weight is 549 g/mol.